The predicted octanol–water partition coefficient (Wildman–Crippen LogP) is 17.7. The van der Waals surface area contributed by atoms with E-state index in [1.54, 1.807) is 36.5 Å². The van der Waals surface area contributed by atoms with Gasteiger partial charge in [-0.2, -0.15) is 0 Å². The van der Waals surface area contributed by atoms with Crippen molar-refractivity contribution in [2.24, 2.45) is 0 Å². The summed E-state index contributed by atoms with van der Waals surface area (Å²) in [6.07, 6.45) is 30.3. The van der Waals surface area contributed by atoms with Crippen LogP contribution in [0.3, 0.4) is 0 Å². The van der Waals surface area contributed by atoms with E-state index in [9.17, 15) is 19.2 Å². The lowest BCUT2D eigenvalue weighted by Crippen LogP contribution is -2.33. The summed E-state index contributed by atoms with van der Waals surface area (Å²) in [6, 6.07) is 35.9. The molecule has 0 bridgehead atoms. The molecule has 0 saturated carbocycles. The first-order valence-electron chi connectivity index (χ1n) is 29.4. The van der Waals surface area contributed by atoms with Crippen LogP contribution in [-0.2, 0) is 64.2 Å². The lowest BCUT2D eigenvalue weighted by Gasteiger charge is -2.34. The number of carbonyl (C=O) groups is 4. The van der Waals surface area contributed by atoms with Gasteiger partial charge in [0.2, 0.25) is 0 Å². The first-order chi connectivity index (χ1) is 42.5. The number of esters is 4. The van der Waals surface area contributed by atoms with Crippen LogP contribution in [0.2, 0.25) is 0 Å². The summed E-state index contributed by atoms with van der Waals surface area (Å²) in [5.74, 6) is -1.14. The van der Waals surface area contributed by atoms with Gasteiger partial charge in [-0.3, -0.25) is 19.2 Å². The molecule has 0 saturated heterocycles. The molecule has 6 rings (SSSR count). The summed E-state index contributed by atoms with van der Waals surface area (Å²) < 4.78 is 21.6. The van der Waals surface area contributed by atoms with E-state index in [0.717, 1.165) is 95.1 Å². The first kappa shape index (κ1) is 67.1. The molecule has 10 nitrogen and oxygen atoms in total. The van der Waals surface area contributed by atoms with Crippen molar-refractivity contribution >= 4 is 58.7 Å². The largest absolute Gasteiger partial charge is 0.469 e. The van der Waals surface area contributed by atoms with Crippen molar-refractivity contribution in [2.45, 2.75) is 90.9 Å². The quantitative estimate of drug-likeness (QED) is 0.0224. The van der Waals surface area contributed by atoms with Crippen molar-refractivity contribution in [1.29, 1.82) is 0 Å². The molecular formula is C78H82N2O8. The molecule has 0 fully saturated rings. The van der Waals surface area contributed by atoms with E-state index in [4.69, 9.17) is 18.9 Å². The highest BCUT2D eigenvalue weighted by molar-refractivity contribution is 5.77. The molecular weight excluding hydrogens is 1090 g/mol. The minimum absolute atomic E-state index is 0.0837. The zero-order valence-electron chi connectivity index (χ0n) is 51.4. The lowest BCUT2D eigenvalue weighted by molar-refractivity contribution is -0.145. The second-order valence-corrected chi connectivity index (χ2v) is 21.3. The normalized spacial score (nSPS) is 12.9. The van der Waals surface area contributed by atoms with Gasteiger partial charge in [-0.05, 0) is 167 Å². The van der Waals surface area contributed by atoms with E-state index >= 15 is 0 Å². The molecule has 1 atom stereocenters. The molecule has 0 spiro atoms. The third-order valence-electron chi connectivity index (χ3n) is 14.9. The fourth-order valence-corrected chi connectivity index (χ4v) is 9.48. The van der Waals surface area contributed by atoms with Gasteiger partial charge in [-0.25, -0.2) is 0 Å². The molecule has 5 aromatic rings. The zero-order chi connectivity index (χ0) is 63.4. The molecule has 1 unspecified atom stereocenters. The summed E-state index contributed by atoms with van der Waals surface area (Å²) in [5, 5.41) is 0. The molecule has 0 aliphatic heterocycles. The van der Waals surface area contributed by atoms with Gasteiger partial charge in [0.25, 0.3) is 0 Å². The molecule has 452 valence electrons. The number of carbonyl (C=O) groups excluding carboxylic acids is 4. The Kier molecular flexibility index (Phi) is 26.5. The Bertz CT molecular complexity index is 3560. The maximum atomic E-state index is 12.8. The van der Waals surface area contributed by atoms with E-state index in [0.29, 0.717) is 37.7 Å². The van der Waals surface area contributed by atoms with Crippen molar-refractivity contribution in [1.82, 2.24) is 0 Å². The summed E-state index contributed by atoms with van der Waals surface area (Å²) in [7, 11) is 1.40. The third kappa shape index (κ3) is 21.5. The molecule has 0 N–H and O–H groups in total. The molecule has 0 aromatic heterocycles. The van der Waals surface area contributed by atoms with Gasteiger partial charge in [0.05, 0.1) is 13.2 Å². The summed E-state index contributed by atoms with van der Waals surface area (Å²) in [4.78, 5) is 54.8. The van der Waals surface area contributed by atoms with E-state index < -0.39 is 0 Å². The zero-order valence-corrected chi connectivity index (χ0v) is 51.4. The van der Waals surface area contributed by atoms with Crippen LogP contribution in [0.15, 0.2) is 263 Å². The Hall–Kier alpha value is -10.1. The lowest BCUT2D eigenvalue weighted by atomic mass is 9.96. The van der Waals surface area contributed by atoms with Gasteiger partial charge < -0.3 is 28.7 Å². The highest BCUT2D eigenvalue weighted by atomic mass is 16.5. The molecule has 1 aliphatic carbocycles. The van der Waals surface area contributed by atoms with Crippen molar-refractivity contribution in [3.05, 3.63) is 313 Å². The molecule has 0 amide bonds. The number of hydrogen-bond acceptors (Lipinski definition) is 10. The Morgan fingerprint density at radius 3 is 1.69 bits per heavy atom. The molecule has 0 heterocycles. The van der Waals surface area contributed by atoms with Gasteiger partial charge in [-0.1, -0.05) is 198 Å². The van der Waals surface area contributed by atoms with Gasteiger partial charge >= 0.3 is 23.9 Å². The van der Waals surface area contributed by atoms with Crippen LogP contribution < -0.4 is 9.80 Å². The molecule has 10 heteroatoms. The second-order valence-electron chi connectivity index (χ2n) is 21.3. The number of nitrogens with zero attached hydrogens (tertiary/aromatic N) is 2. The average Bonchev–Trinajstić information content (AvgIpc) is 3.75. The number of hydrogen-bond donors (Lipinski definition) is 0. The maximum Gasteiger partial charge on any atom is 0.306 e. The van der Waals surface area contributed by atoms with E-state index in [2.05, 4.69) is 105 Å². The van der Waals surface area contributed by atoms with Crippen molar-refractivity contribution in [2.75, 3.05) is 23.5 Å². The minimum atomic E-state index is -0.320. The fraction of sp³-hybridized carbons (Fsp3) is 0.205. The van der Waals surface area contributed by atoms with E-state index in [1.807, 2.05) is 129 Å². The molecule has 0 radical (unpaired) electrons. The molecule has 1 aliphatic rings. The SMILES string of the molecule is C=CC(=C)C=CC(=C)COC(=O)CCc1ccc(N(C=CC=C(C=C)CCC(=O)OCc2ccc(C=C)cc2)c2ccc(C(=C)C=CC(=C)N(c3ccc(CCC(=O)OC)c(C)c3)C3C=CC(CCC(=O)OCc4ccc(C=C)cc4)=CC3)cc2)cc1C. The summed E-state index contributed by atoms with van der Waals surface area (Å²) >= 11 is 0. The topological polar surface area (TPSA) is 112 Å². The van der Waals surface area contributed by atoms with Gasteiger partial charge in [0.1, 0.15) is 19.8 Å². The van der Waals surface area contributed by atoms with Crippen molar-refractivity contribution < 1.29 is 38.1 Å². The summed E-state index contributed by atoms with van der Waals surface area (Å²) in [6.45, 7) is 36.8. The minimum Gasteiger partial charge on any atom is -0.469 e. The number of ether oxygens (including phenoxy) is 4. The van der Waals surface area contributed by atoms with Crippen molar-refractivity contribution in [3.8, 4) is 0 Å². The highest BCUT2D eigenvalue weighted by Crippen LogP contribution is 2.33. The standard InChI is InChI=1S/C78H82N2O8/c1-12-56(5)18-19-57(6)53-86-78(84)49-39-69-36-44-73(51-59(69)8)79(50-16-17-62(13-2)32-46-76(82)87-54-66-26-22-63(14-3)23-27-66)71-42-34-68(35-43-71)58(7)20-21-61(10)80(74-45-37-70(60(9)52-74)38-48-75(81)85-11)72-40-30-65(31-41-72)33-47-77(83)88-55-67-28-24-64(15-4)25-29-67/h12-31,34-37,40,42-45,50-52,72H,1-7,10,32-33,38-39,41,46-49,53-55H2,8-9,11H3. The Morgan fingerprint density at radius 2 is 1.14 bits per heavy atom. The molecule has 5 aromatic carbocycles. The smallest absolute Gasteiger partial charge is 0.306 e. The number of methoxy groups -OCH3 is 1. The van der Waals surface area contributed by atoms with Gasteiger partial charge in [0, 0.05) is 54.6 Å². The second kappa shape index (κ2) is 34.8. The monoisotopic (exact) mass is 1170 g/mol. The number of anilines is 3. The van der Waals surface area contributed by atoms with Crippen LogP contribution in [0.25, 0.3) is 17.7 Å². The number of benzene rings is 5. The Balaban J connectivity index is 1.18. The Morgan fingerprint density at radius 1 is 0.580 bits per heavy atom. The van der Waals surface area contributed by atoms with Crippen LogP contribution >= 0.6 is 0 Å². The van der Waals surface area contributed by atoms with Gasteiger partial charge in [-0.15, -0.1) is 0 Å². The predicted molar refractivity (Wildman–Crippen MR) is 362 cm³/mol. The van der Waals surface area contributed by atoms with Crippen LogP contribution in [0.5, 0.6) is 0 Å². The van der Waals surface area contributed by atoms with E-state index in [-0.39, 0.29) is 75.4 Å². The average molecular weight is 1180 g/mol. The number of rotatable bonds is 34. The van der Waals surface area contributed by atoms with Crippen LogP contribution in [0, 0.1) is 13.8 Å². The first-order valence-corrected chi connectivity index (χ1v) is 29.4. The summed E-state index contributed by atoms with van der Waals surface area (Å²) in [5.41, 5.74) is 16.4. The number of allylic oxidation sites excluding steroid dienone is 12. The maximum absolute atomic E-state index is 12.8. The van der Waals surface area contributed by atoms with Crippen LogP contribution in [0.4, 0.5) is 17.1 Å². The van der Waals surface area contributed by atoms with Crippen LogP contribution in [-0.4, -0.2) is 43.6 Å². The van der Waals surface area contributed by atoms with Crippen LogP contribution in [0.1, 0.15) is 95.0 Å². The Labute approximate surface area is 521 Å². The van der Waals surface area contributed by atoms with Crippen molar-refractivity contribution in [3.63, 3.8) is 0 Å². The van der Waals surface area contributed by atoms with E-state index in [1.165, 1.54) is 7.11 Å². The third-order valence-corrected chi connectivity index (χ3v) is 14.9. The van der Waals surface area contributed by atoms with Gasteiger partial charge in [0.15, 0.2) is 0 Å². The highest BCUT2D eigenvalue weighted by Gasteiger charge is 2.22. The fourth-order valence-electron chi connectivity index (χ4n) is 9.48. The molecule has 88 heavy (non-hydrogen) atoms. The number of aryl methyl sites for hydroxylation is 4.